The minimum Gasteiger partial charge on any atom is -0.351 e. The first kappa shape index (κ1) is 26.7. The number of carbonyl (C=O) groups is 1. The summed E-state index contributed by atoms with van der Waals surface area (Å²) < 4.78 is 0.933. The Bertz CT molecular complexity index is 489. The standard InChI is InChI=1S/C26H49N3O/c1-4-6-7-8-9-10-11-12-13-14-15-16-17-18-19-20-26-28-22-24-29(26,5-2)23-21-27-25(3)30/h16-17,22,24,26,28H,4-15,18-21,23H2,1-3H3/p+1/b17-16+. The van der Waals surface area contributed by atoms with Gasteiger partial charge in [0.15, 0.2) is 6.17 Å². The molecule has 0 aromatic heterocycles. The first-order chi connectivity index (χ1) is 14.6. The van der Waals surface area contributed by atoms with Crippen molar-refractivity contribution in [1.29, 1.82) is 0 Å². The van der Waals surface area contributed by atoms with Gasteiger partial charge < -0.3 is 10.6 Å². The van der Waals surface area contributed by atoms with Crippen molar-refractivity contribution in [2.45, 2.75) is 117 Å². The van der Waals surface area contributed by atoms with Crippen LogP contribution < -0.4 is 10.6 Å². The lowest BCUT2D eigenvalue weighted by molar-refractivity contribution is -0.898. The van der Waals surface area contributed by atoms with Gasteiger partial charge in [-0.3, -0.25) is 9.28 Å². The fraction of sp³-hybridized carbons (Fsp3) is 0.808. The van der Waals surface area contributed by atoms with Gasteiger partial charge in [0.1, 0.15) is 12.7 Å². The lowest BCUT2D eigenvalue weighted by Gasteiger charge is -2.37. The number of rotatable bonds is 19. The molecule has 0 bridgehead atoms. The first-order valence-corrected chi connectivity index (χ1v) is 12.8. The van der Waals surface area contributed by atoms with E-state index in [0.717, 1.165) is 24.1 Å². The minimum atomic E-state index is 0.0597. The quantitative estimate of drug-likeness (QED) is 0.144. The van der Waals surface area contributed by atoms with Crippen LogP contribution in [0.1, 0.15) is 111 Å². The Morgan fingerprint density at radius 1 is 0.933 bits per heavy atom. The summed E-state index contributed by atoms with van der Waals surface area (Å²) in [6, 6.07) is 0. The van der Waals surface area contributed by atoms with Crippen LogP contribution >= 0.6 is 0 Å². The Morgan fingerprint density at radius 2 is 1.53 bits per heavy atom. The number of nitrogens with zero attached hydrogens (tertiary/aromatic N) is 1. The fourth-order valence-corrected chi connectivity index (χ4v) is 4.46. The van der Waals surface area contributed by atoms with Gasteiger partial charge in [-0.25, -0.2) is 0 Å². The van der Waals surface area contributed by atoms with Gasteiger partial charge in [-0.1, -0.05) is 76.9 Å². The highest BCUT2D eigenvalue weighted by molar-refractivity contribution is 5.72. The fourth-order valence-electron chi connectivity index (χ4n) is 4.46. The molecule has 30 heavy (non-hydrogen) atoms. The second-order valence-electron chi connectivity index (χ2n) is 9.00. The van der Waals surface area contributed by atoms with Gasteiger partial charge in [0, 0.05) is 13.3 Å². The molecule has 0 fully saturated rings. The number of nitrogens with one attached hydrogen (secondary N) is 2. The summed E-state index contributed by atoms with van der Waals surface area (Å²) in [6.07, 6.45) is 28.5. The number of carbonyl (C=O) groups excluding carboxylic acids is 1. The molecule has 0 radical (unpaired) electrons. The van der Waals surface area contributed by atoms with Gasteiger partial charge in [0.2, 0.25) is 5.91 Å². The van der Waals surface area contributed by atoms with Crippen LogP contribution in [-0.4, -0.2) is 36.2 Å². The van der Waals surface area contributed by atoms with Crippen molar-refractivity contribution in [3.63, 3.8) is 0 Å². The SMILES string of the molecule is CCCCCCCCCCCC/C=C/CCCC1NC=C[N+]1(CC)CCNC(C)=O. The molecule has 4 nitrogen and oxygen atoms in total. The zero-order valence-corrected chi connectivity index (χ0v) is 20.3. The molecule has 0 saturated carbocycles. The van der Waals surface area contributed by atoms with Crippen molar-refractivity contribution in [2.75, 3.05) is 19.6 Å². The zero-order chi connectivity index (χ0) is 21.9. The Labute approximate surface area is 187 Å². The third-order valence-corrected chi connectivity index (χ3v) is 6.51. The first-order valence-electron chi connectivity index (χ1n) is 12.8. The van der Waals surface area contributed by atoms with E-state index in [4.69, 9.17) is 0 Å². The van der Waals surface area contributed by atoms with E-state index in [1.54, 1.807) is 6.92 Å². The van der Waals surface area contributed by atoms with Crippen LogP contribution in [0.2, 0.25) is 0 Å². The molecule has 174 valence electrons. The van der Waals surface area contributed by atoms with Gasteiger partial charge in [0.05, 0.1) is 19.3 Å². The predicted octanol–water partition coefficient (Wildman–Crippen LogP) is 6.40. The molecule has 2 unspecified atom stereocenters. The molecule has 0 aromatic carbocycles. The van der Waals surface area contributed by atoms with E-state index in [1.807, 2.05) is 0 Å². The maximum absolute atomic E-state index is 11.2. The van der Waals surface area contributed by atoms with Crippen molar-refractivity contribution < 1.29 is 9.28 Å². The monoisotopic (exact) mass is 420 g/mol. The molecule has 4 heteroatoms. The maximum Gasteiger partial charge on any atom is 0.217 e. The molecule has 1 aliphatic heterocycles. The van der Waals surface area contributed by atoms with Gasteiger partial charge in [-0.2, -0.15) is 0 Å². The predicted molar refractivity (Wildman–Crippen MR) is 130 cm³/mol. The summed E-state index contributed by atoms with van der Waals surface area (Å²) in [5.41, 5.74) is 0. The van der Waals surface area contributed by atoms with Gasteiger partial charge >= 0.3 is 0 Å². The molecule has 0 saturated heterocycles. The highest BCUT2D eigenvalue weighted by atomic mass is 16.1. The molecule has 1 aliphatic rings. The van der Waals surface area contributed by atoms with Crippen molar-refractivity contribution in [2.24, 2.45) is 0 Å². The Kier molecular flexibility index (Phi) is 15.5. The van der Waals surface area contributed by atoms with E-state index in [0.29, 0.717) is 6.17 Å². The largest absolute Gasteiger partial charge is 0.351 e. The van der Waals surface area contributed by atoms with Crippen molar-refractivity contribution >= 4 is 5.91 Å². The number of hydrogen-bond donors (Lipinski definition) is 2. The highest BCUT2D eigenvalue weighted by Crippen LogP contribution is 2.22. The van der Waals surface area contributed by atoms with E-state index in [2.05, 4.69) is 49.0 Å². The topological polar surface area (TPSA) is 41.1 Å². The molecule has 2 atom stereocenters. The average molecular weight is 421 g/mol. The highest BCUT2D eigenvalue weighted by Gasteiger charge is 2.35. The Hall–Kier alpha value is -1.29. The Balaban J connectivity index is 2.03. The number of hydrogen-bond acceptors (Lipinski definition) is 2. The van der Waals surface area contributed by atoms with E-state index in [-0.39, 0.29) is 5.91 Å². The summed E-state index contributed by atoms with van der Waals surface area (Å²) >= 11 is 0. The van der Waals surface area contributed by atoms with Crippen LogP contribution in [0.25, 0.3) is 0 Å². The molecule has 1 rings (SSSR count). The molecule has 0 aliphatic carbocycles. The summed E-state index contributed by atoms with van der Waals surface area (Å²) in [5, 5.41) is 6.49. The second kappa shape index (κ2) is 17.4. The second-order valence-corrected chi connectivity index (χ2v) is 9.00. The van der Waals surface area contributed by atoms with Crippen LogP contribution in [0, 0.1) is 0 Å². The summed E-state index contributed by atoms with van der Waals surface area (Å²) in [4.78, 5) is 11.2. The molecular weight excluding hydrogens is 370 g/mol. The molecule has 1 amide bonds. The third-order valence-electron chi connectivity index (χ3n) is 6.51. The molecule has 1 heterocycles. The molecule has 2 N–H and O–H groups in total. The van der Waals surface area contributed by atoms with Gasteiger partial charge in [-0.05, 0) is 32.6 Å². The smallest absolute Gasteiger partial charge is 0.217 e. The summed E-state index contributed by atoms with van der Waals surface area (Å²) in [5.74, 6) is 0.0597. The van der Waals surface area contributed by atoms with Crippen LogP contribution in [0.3, 0.4) is 0 Å². The third kappa shape index (κ3) is 11.8. The van der Waals surface area contributed by atoms with E-state index < -0.39 is 0 Å². The number of unbranched alkanes of at least 4 members (excludes halogenated alkanes) is 11. The number of quaternary nitrogens is 1. The summed E-state index contributed by atoms with van der Waals surface area (Å²) in [7, 11) is 0. The van der Waals surface area contributed by atoms with Crippen LogP contribution in [0.4, 0.5) is 0 Å². The number of amides is 1. The average Bonchev–Trinajstić information content (AvgIpc) is 3.13. The van der Waals surface area contributed by atoms with Crippen LogP contribution in [0.15, 0.2) is 24.6 Å². The van der Waals surface area contributed by atoms with Crippen LogP contribution in [0.5, 0.6) is 0 Å². The van der Waals surface area contributed by atoms with Crippen molar-refractivity contribution in [1.82, 2.24) is 10.6 Å². The zero-order valence-electron chi connectivity index (χ0n) is 20.3. The normalized spacial score (nSPS) is 20.7. The van der Waals surface area contributed by atoms with Crippen LogP contribution in [-0.2, 0) is 4.79 Å². The molecular formula is C26H50N3O+. The lowest BCUT2D eigenvalue weighted by Crippen LogP contribution is -2.55. The van der Waals surface area contributed by atoms with Gasteiger partial charge in [0.25, 0.3) is 0 Å². The van der Waals surface area contributed by atoms with E-state index in [9.17, 15) is 4.79 Å². The van der Waals surface area contributed by atoms with Crippen molar-refractivity contribution in [3.8, 4) is 0 Å². The van der Waals surface area contributed by atoms with Crippen molar-refractivity contribution in [3.05, 3.63) is 24.6 Å². The number of likely N-dealkylation sites (N-methyl/N-ethyl adjacent to an activating group) is 1. The lowest BCUT2D eigenvalue weighted by atomic mass is 10.1. The maximum atomic E-state index is 11.2. The summed E-state index contributed by atoms with van der Waals surface area (Å²) in [6.45, 7) is 8.87. The minimum absolute atomic E-state index is 0.0597. The Morgan fingerprint density at radius 3 is 2.13 bits per heavy atom. The number of allylic oxidation sites excluding steroid dienone is 2. The van der Waals surface area contributed by atoms with Gasteiger partial charge in [-0.15, -0.1) is 0 Å². The molecule has 0 aromatic rings. The van der Waals surface area contributed by atoms with E-state index in [1.165, 1.54) is 89.9 Å². The van der Waals surface area contributed by atoms with E-state index >= 15 is 0 Å². The molecule has 0 spiro atoms.